The molecule has 1 atom stereocenters. The number of hydrogen-bond acceptors (Lipinski definition) is 1. The fourth-order valence-corrected chi connectivity index (χ4v) is 1.92. The average Bonchev–Trinajstić information content (AvgIpc) is 2.38. The lowest BCUT2D eigenvalue weighted by Gasteiger charge is -2.04. The van der Waals surface area contributed by atoms with Gasteiger partial charge >= 0.3 is 0 Å². The molecule has 0 amide bonds. The van der Waals surface area contributed by atoms with Crippen LogP contribution in [0, 0.1) is 0 Å². The van der Waals surface area contributed by atoms with Gasteiger partial charge in [0.25, 0.3) is 0 Å². The molecule has 0 radical (unpaired) electrons. The second-order valence-corrected chi connectivity index (χ2v) is 5.05. The first-order chi connectivity index (χ1) is 8.81. The van der Waals surface area contributed by atoms with Crippen molar-refractivity contribution in [2.24, 2.45) is 0 Å². The smallest absolute Gasteiger partial charge is 0.0721 e. The third-order valence-electron chi connectivity index (χ3n) is 3.12. The van der Waals surface area contributed by atoms with E-state index in [1.165, 1.54) is 44.9 Å². The highest BCUT2D eigenvalue weighted by Gasteiger charge is 1.97. The van der Waals surface area contributed by atoms with Crippen molar-refractivity contribution in [3.63, 3.8) is 0 Å². The van der Waals surface area contributed by atoms with E-state index in [1.807, 2.05) is 6.08 Å². The van der Waals surface area contributed by atoms with Crippen LogP contribution in [0.25, 0.3) is 0 Å². The molecule has 18 heavy (non-hydrogen) atoms. The van der Waals surface area contributed by atoms with Crippen LogP contribution in [0.4, 0.5) is 0 Å². The van der Waals surface area contributed by atoms with Gasteiger partial charge in [0.15, 0.2) is 0 Å². The van der Waals surface area contributed by atoms with Crippen LogP contribution < -0.4 is 0 Å². The summed E-state index contributed by atoms with van der Waals surface area (Å²) < 4.78 is 0. The predicted octanol–water partition coefficient (Wildman–Crippen LogP) is 5.40. The van der Waals surface area contributed by atoms with Gasteiger partial charge in [-0.2, -0.15) is 0 Å². The van der Waals surface area contributed by atoms with Crippen molar-refractivity contribution in [3.8, 4) is 0 Å². The van der Waals surface area contributed by atoms with Gasteiger partial charge in [-0.3, -0.25) is 0 Å². The van der Waals surface area contributed by atoms with Crippen LogP contribution in [-0.4, -0.2) is 11.2 Å². The van der Waals surface area contributed by atoms with Gasteiger partial charge in [-0.25, -0.2) is 0 Å². The summed E-state index contributed by atoms with van der Waals surface area (Å²) in [6, 6.07) is 0. The molecule has 0 aromatic rings. The van der Waals surface area contributed by atoms with Crippen molar-refractivity contribution in [2.75, 3.05) is 0 Å². The van der Waals surface area contributed by atoms with Gasteiger partial charge in [0.2, 0.25) is 0 Å². The molecule has 0 aliphatic rings. The minimum Gasteiger partial charge on any atom is -0.389 e. The summed E-state index contributed by atoms with van der Waals surface area (Å²) in [4.78, 5) is 0. The molecule has 0 aromatic carbocycles. The van der Waals surface area contributed by atoms with Gasteiger partial charge in [-0.1, -0.05) is 76.7 Å². The Bertz CT molecular complexity index is 206. The highest BCUT2D eigenvalue weighted by atomic mass is 16.3. The third-order valence-corrected chi connectivity index (χ3v) is 3.12. The molecule has 0 spiro atoms. The van der Waals surface area contributed by atoms with Crippen molar-refractivity contribution >= 4 is 0 Å². The first-order valence-electron chi connectivity index (χ1n) is 7.81. The van der Waals surface area contributed by atoms with Gasteiger partial charge in [-0.15, -0.1) is 0 Å². The summed E-state index contributed by atoms with van der Waals surface area (Å²) in [5.74, 6) is 0. The Kier molecular flexibility index (Phi) is 14.0. The molecule has 106 valence electrons. The molecular weight excluding hydrogens is 220 g/mol. The lowest BCUT2D eigenvalue weighted by atomic mass is 10.1. The van der Waals surface area contributed by atoms with Gasteiger partial charge in [-0.05, 0) is 25.7 Å². The summed E-state index contributed by atoms with van der Waals surface area (Å²) in [5, 5.41) is 9.71. The van der Waals surface area contributed by atoms with Crippen LogP contribution in [-0.2, 0) is 0 Å². The Labute approximate surface area is 114 Å². The Morgan fingerprint density at radius 1 is 0.833 bits per heavy atom. The zero-order valence-corrected chi connectivity index (χ0v) is 12.4. The van der Waals surface area contributed by atoms with E-state index in [1.54, 1.807) is 0 Å². The first kappa shape index (κ1) is 17.4. The largest absolute Gasteiger partial charge is 0.389 e. The summed E-state index contributed by atoms with van der Waals surface area (Å²) >= 11 is 0. The Morgan fingerprint density at radius 2 is 1.56 bits per heavy atom. The van der Waals surface area contributed by atoms with E-state index in [2.05, 4.69) is 32.1 Å². The SMILES string of the molecule is CCCCCC=CCC=CC(O)CCCCCC. The second kappa shape index (κ2) is 14.5. The zero-order chi connectivity index (χ0) is 13.5. The topological polar surface area (TPSA) is 20.2 Å². The van der Waals surface area contributed by atoms with E-state index in [-0.39, 0.29) is 6.10 Å². The highest BCUT2D eigenvalue weighted by molar-refractivity contribution is 4.95. The van der Waals surface area contributed by atoms with Crippen molar-refractivity contribution in [1.82, 2.24) is 0 Å². The average molecular weight is 252 g/mol. The van der Waals surface area contributed by atoms with E-state index in [0.29, 0.717) is 0 Å². The Morgan fingerprint density at radius 3 is 2.28 bits per heavy atom. The summed E-state index contributed by atoms with van der Waals surface area (Å²) in [6.45, 7) is 4.44. The molecule has 0 bridgehead atoms. The van der Waals surface area contributed by atoms with Crippen LogP contribution in [0.1, 0.15) is 78.1 Å². The molecule has 0 saturated heterocycles. The quantitative estimate of drug-likeness (QED) is 0.364. The molecule has 0 fully saturated rings. The van der Waals surface area contributed by atoms with Crippen LogP contribution in [0.3, 0.4) is 0 Å². The van der Waals surface area contributed by atoms with E-state index in [0.717, 1.165) is 19.3 Å². The molecule has 1 unspecified atom stereocenters. The minimum atomic E-state index is -0.240. The van der Waals surface area contributed by atoms with Gasteiger partial charge in [0, 0.05) is 0 Å². The summed E-state index contributed by atoms with van der Waals surface area (Å²) in [5.41, 5.74) is 0. The van der Waals surface area contributed by atoms with Gasteiger partial charge in [0.05, 0.1) is 6.10 Å². The van der Waals surface area contributed by atoms with E-state index in [9.17, 15) is 5.11 Å². The predicted molar refractivity (Wildman–Crippen MR) is 81.8 cm³/mol. The summed E-state index contributed by atoms with van der Waals surface area (Å²) in [6.07, 6.45) is 20.2. The molecule has 0 aliphatic heterocycles. The third kappa shape index (κ3) is 13.5. The van der Waals surface area contributed by atoms with Crippen molar-refractivity contribution < 1.29 is 5.11 Å². The van der Waals surface area contributed by atoms with Crippen LogP contribution in [0.5, 0.6) is 0 Å². The molecular formula is C17H32O. The number of allylic oxidation sites excluding steroid dienone is 3. The summed E-state index contributed by atoms with van der Waals surface area (Å²) in [7, 11) is 0. The zero-order valence-electron chi connectivity index (χ0n) is 12.4. The second-order valence-electron chi connectivity index (χ2n) is 5.05. The van der Waals surface area contributed by atoms with Crippen LogP contribution >= 0.6 is 0 Å². The fraction of sp³-hybridized carbons (Fsp3) is 0.765. The lowest BCUT2D eigenvalue weighted by molar-refractivity contribution is 0.208. The van der Waals surface area contributed by atoms with E-state index >= 15 is 0 Å². The minimum absolute atomic E-state index is 0.240. The van der Waals surface area contributed by atoms with Crippen molar-refractivity contribution in [1.29, 1.82) is 0 Å². The maximum Gasteiger partial charge on any atom is 0.0721 e. The molecule has 0 aromatic heterocycles. The number of unbranched alkanes of at least 4 members (excludes halogenated alkanes) is 6. The monoisotopic (exact) mass is 252 g/mol. The maximum absolute atomic E-state index is 9.71. The molecule has 0 saturated carbocycles. The molecule has 0 heterocycles. The number of rotatable bonds is 12. The highest BCUT2D eigenvalue weighted by Crippen LogP contribution is 2.07. The number of aliphatic hydroxyl groups excluding tert-OH is 1. The lowest BCUT2D eigenvalue weighted by Crippen LogP contribution is -2.01. The number of aliphatic hydroxyl groups is 1. The fourth-order valence-electron chi connectivity index (χ4n) is 1.92. The maximum atomic E-state index is 9.71. The standard InChI is InChI=1S/C17H32O/c1-3-5-7-9-10-11-12-14-16-17(18)15-13-8-6-4-2/h10-11,14,16-18H,3-9,12-13,15H2,1-2H3. The molecule has 1 nitrogen and oxygen atoms in total. The molecule has 1 heteroatoms. The number of hydrogen-bond donors (Lipinski definition) is 1. The molecule has 1 N–H and O–H groups in total. The van der Waals surface area contributed by atoms with Crippen molar-refractivity contribution in [2.45, 2.75) is 84.2 Å². The Balaban J connectivity index is 3.38. The Hall–Kier alpha value is -0.560. The van der Waals surface area contributed by atoms with Crippen LogP contribution in [0.2, 0.25) is 0 Å². The van der Waals surface area contributed by atoms with Crippen LogP contribution in [0.15, 0.2) is 24.3 Å². The van der Waals surface area contributed by atoms with Gasteiger partial charge in [0.1, 0.15) is 0 Å². The van der Waals surface area contributed by atoms with Gasteiger partial charge < -0.3 is 5.11 Å². The van der Waals surface area contributed by atoms with E-state index in [4.69, 9.17) is 0 Å². The normalized spacial score (nSPS) is 13.7. The molecule has 0 rings (SSSR count). The molecule has 0 aliphatic carbocycles. The van der Waals surface area contributed by atoms with Crippen molar-refractivity contribution in [3.05, 3.63) is 24.3 Å². The van der Waals surface area contributed by atoms with E-state index < -0.39 is 0 Å². The first-order valence-corrected chi connectivity index (χ1v) is 7.81.